The van der Waals surface area contributed by atoms with Crippen molar-refractivity contribution >= 4 is 5.91 Å². The highest BCUT2D eigenvalue weighted by Gasteiger charge is 2.43. The normalized spacial score (nSPS) is 23.2. The second-order valence-electron chi connectivity index (χ2n) is 7.18. The number of carbonyl (C=O) groups excluding carboxylic acids is 1. The molecule has 138 valence electrons. The van der Waals surface area contributed by atoms with Crippen LogP contribution in [0.15, 0.2) is 23.1 Å². The number of hydrogen-bond acceptors (Lipinski definition) is 7. The maximum absolute atomic E-state index is 12.9. The van der Waals surface area contributed by atoms with Crippen molar-refractivity contribution in [3.8, 4) is 0 Å². The van der Waals surface area contributed by atoms with Gasteiger partial charge in [0, 0.05) is 38.9 Å². The van der Waals surface area contributed by atoms with Gasteiger partial charge in [0.1, 0.15) is 12.0 Å². The van der Waals surface area contributed by atoms with Crippen molar-refractivity contribution in [2.45, 2.75) is 43.4 Å². The molecule has 2 aromatic rings. The Labute approximate surface area is 152 Å². The highest BCUT2D eigenvalue weighted by Crippen LogP contribution is 2.41. The second kappa shape index (κ2) is 7.11. The van der Waals surface area contributed by atoms with E-state index in [4.69, 9.17) is 14.2 Å². The lowest BCUT2D eigenvalue weighted by Crippen LogP contribution is -2.49. The lowest BCUT2D eigenvalue weighted by Gasteiger charge is -2.40. The smallest absolute Gasteiger partial charge is 0.272 e. The zero-order valence-corrected chi connectivity index (χ0v) is 14.9. The molecule has 2 fully saturated rings. The summed E-state index contributed by atoms with van der Waals surface area (Å²) >= 11 is 0. The van der Waals surface area contributed by atoms with Crippen LogP contribution in [0.2, 0.25) is 0 Å². The van der Waals surface area contributed by atoms with Crippen LogP contribution in [0.5, 0.6) is 0 Å². The fraction of sp³-hybridized carbons (Fsp3) is 0.611. The van der Waals surface area contributed by atoms with E-state index in [9.17, 15) is 4.79 Å². The van der Waals surface area contributed by atoms with E-state index < -0.39 is 0 Å². The van der Waals surface area contributed by atoms with Gasteiger partial charge in [0.05, 0.1) is 5.41 Å². The number of carbonyl (C=O) groups is 1. The molecule has 4 rings (SSSR count). The maximum Gasteiger partial charge on any atom is 0.272 e. The summed E-state index contributed by atoms with van der Waals surface area (Å²) in [6, 6.07) is 1.65. The Morgan fingerprint density at radius 1 is 1.46 bits per heavy atom. The predicted molar refractivity (Wildman–Crippen MR) is 91.6 cm³/mol. The Balaban J connectivity index is 1.59. The topological polar surface area (TPSA) is 94.2 Å². The van der Waals surface area contributed by atoms with Gasteiger partial charge in [0.2, 0.25) is 5.89 Å². The molecule has 3 heterocycles. The van der Waals surface area contributed by atoms with Crippen molar-refractivity contribution in [3.05, 3.63) is 36.0 Å². The molecule has 0 radical (unpaired) electrons. The van der Waals surface area contributed by atoms with E-state index in [1.165, 1.54) is 6.33 Å². The van der Waals surface area contributed by atoms with E-state index >= 15 is 0 Å². The molecule has 0 spiro atoms. The summed E-state index contributed by atoms with van der Waals surface area (Å²) in [6.45, 7) is 1.83. The van der Waals surface area contributed by atoms with E-state index in [0.717, 1.165) is 38.0 Å². The summed E-state index contributed by atoms with van der Waals surface area (Å²) in [7, 11) is 1.69. The fourth-order valence-electron chi connectivity index (χ4n) is 3.63. The van der Waals surface area contributed by atoms with Gasteiger partial charge in [-0.15, -0.1) is 0 Å². The van der Waals surface area contributed by atoms with Gasteiger partial charge < -0.3 is 14.2 Å². The summed E-state index contributed by atoms with van der Waals surface area (Å²) in [4.78, 5) is 27.4. The first-order valence-corrected chi connectivity index (χ1v) is 9.10. The number of amides is 1. The first-order chi connectivity index (χ1) is 12.7. The Morgan fingerprint density at radius 3 is 3.08 bits per heavy atom. The number of aromatic nitrogens is 4. The van der Waals surface area contributed by atoms with Gasteiger partial charge in [-0.25, -0.2) is 9.97 Å². The van der Waals surface area contributed by atoms with Crippen molar-refractivity contribution in [2.24, 2.45) is 0 Å². The third kappa shape index (κ3) is 3.33. The van der Waals surface area contributed by atoms with Crippen LogP contribution in [0.4, 0.5) is 0 Å². The summed E-state index contributed by atoms with van der Waals surface area (Å²) in [5.74, 6) is 1.77. The van der Waals surface area contributed by atoms with Crippen LogP contribution >= 0.6 is 0 Å². The molecule has 26 heavy (non-hydrogen) atoms. The van der Waals surface area contributed by atoms with E-state index in [1.807, 2.05) is 4.90 Å². The molecule has 1 saturated carbocycles. The zero-order chi connectivity index (χ0) is 18.0. The molecule has 1 atom stereocenters. The van der Waals surface area contributed by atoms with Gasteiger partial charge in [-0.1, -0.05) is 5.16 Å². The maximum atomic E-state index is 12.9. The minimum atomic E-state index is -0.340. The largest absolute Gasteiger partial charge is 0.385 e. The van der Waals surface area contributed by atoms with Crippen molar-refractivity contribution in [3.63, 3.8) is 0 Å². The number of rotatable bonds is 6. The molecule has 1 unspecified atom stereocenters. The Bertz CT molecular complexity index is 761. The van der Waals surface area contributed by atoms with Gasteiger partial charge >= 0.3 is 0 Å². The van der Waals surface area contributed by atoms with Crippen LogP contribution in [0.3, 0.4) is 0 Å². The molecule has 1 aliphatic carbocycles. The number of likely N-dealkylation sites (tertiary alicyclic amines) is 1. The van der Waals surface area contributed by atoms with Gasteiger partial charge in [-0.05, 0) is 38.2 Å². The van der Waals surface area contributed by atoms with E-state index in [0.29, 0.717) is 37.1 Å². The van der Waals surface area contributed by atoms with Crippen molar-refractivity contribution in [1.29, 1.82) is 0 Å². The highest BCUT2D eigenvalue weighted by atomic mass is 16.5. The lowest BCUT2D eigenvalue weighted by molar-refractivity contribution is 0.0561. The molecule has 1 saturated heterocycles. The lowest BCUT2D eigenvalue weighted by atomic mass is 9.76. The quantitative estimate of drug-likeness (QED) is 0.780. The summed E-state index contributed by atoms with van der Waals surface area (Å²) in [6.07, 6.45) is 7.76. The minimum Gasteiger partial charge on any atom is -0.385 e. The third-order valence-electron chi connectivity index (χ3n) is 5.29. The molecule has 1 amide bonds. The van der Waals surface area contributed by atoms with Crippen LogP contribution in [0, 0.1) is 0 Å². The minimum absolute atomic E-state index is 0.0835. The highest BCUT2D eigenvalue weighted by molar-refractivity contribution is 5.92. The van der Waals surface area contributed by atoms with Crippen LogP contribution in [-0.4, -0.2) is 57.7 Å². The summed E-state index contributed by atoms with van der Waals surface area (Å²) < 4.78 is 10.8. The second-order valence-corrected chi connectivity index (χ2v) is 7.18. The average Bonchev–Trinajstić information content (AvgIpc) is 3.43. The number of ether oxygens (including phenoxy) is 1. The molecule has 1 aliphatic heterocycles. The molecule has 0 aromatic carbocycles. The zero-order valence-electron chi connectivity index (χ0n) is 14.9. The predicted octanol–water partition coefficient (Wildman–Crippen LogP) is 1.95. The molecule has 2 aromatic heterocycles. The molecule has 2 aliphatic rings. The molecule has 0 N–H and O–H groups in total. The van der Waals surface area contributed by atoms with Gasteiger partial charge in [-0.3, -0.25) is 4.79 Å². The Hall–Kier alpha value is -2.35. The standard InChI is InChI=1S/C18H23N5O3/c1-25-10-7-18(17-21-15(26-22-17)13-3-4-13)6-2-9-23(11-18)16(24)14-5-8-19-12-20-14/h5,8,12-13H,2-4,6-7,9-11H2,1H3. The van der Waals surface area contributed by atoms with Crippen molar-refractivity contribution in [2.75, 3.05) is 26.8 Å². The molecule has 0 bridgehead atoms. The third-order valence-corrected chi connectivity index (χ3v) is 5.29. The SMILES string of the molecule is COCCC1(c2noc(C3CC3)n2)CCCN(C(=O)c2ccncn2)C1. The average molecular weight is 357 g/mol. The van der Waals surface area contributed by atoms with Crippen LogP contribution in [0.25, 0.3) is 0 Å². The Kier molecular flexibility index (Phi) is 4.67. The monoisotopic (exact) mass is 357 g/mol. The first-order valence-electron chi connectivity index (χ1n) is 9.10. The van der Waals surface area contributed by atoms with Gasteiger partial charge in [0.15, 0.2) is 5.82 Å². The van der Waals surface area contributed by atoms with Crippen molar-refractivity contribution in [1.82, 2.24) is 25.0 Å². The van der Waals surface area contributed by atoms with Crippen LogP contribution in [-0.2, 0) is 10.2 Å². The summed E-state index contributed by atoms with van der Waals surface area (Å²) in [5, 5.41) is 4.29. The molecular weight excluding hydrogens is 334 g/mol. The first kappa shape index (κ1) is 17.1. The fourth-order valence-corrected chi connectivity index (χ4v) is 3.63. The van der Waals surface area contributed by atoms with Crippen LogP contribution in [0.1, 0.15) is 60.2 Å². The van der Waals surface area contributed by atoms with Crippen LogP contribution < -0.4 is 0 Å². The molecule has 8 nitrogen and oxygen atoms in total. The summed E-state index contributed by atoms with van der Waals surface area (Å²) in [5.41, 5.74) is 0.0717. The van der Waals surface area contributed by atoms with E-state index in [1.54, 1.807) is 19.4 Å². The molecule has 8 heteroatoms. The number of nitrogens with zero attached hydrogens (tertiary/aromatic N) is 5. The number of methoxy groups -OCH3 is 1. The van der Waals surface area contributed by atoms with Gasteiger partial charge in [0.25, 0.3) is 5.91 Å². The number of piperidine rings is 1. The van der Waals surface area contributed by atoms with Crippen molar-refractivity contribution < 1.29 is 14.1 Å². The Morgan fingerprint density at radius 2 is 2.35 bits per heavy atom. The number of hydrogen-bond donors (Lipinski definition) is 0. The van der Waals surface area contributed by atoms with E-state index in [2.05, 4.69) is 15.1 Å². The molecular formula is C18H23N5O3. The van der Waals surface area contributed by atoms with E-state index in [-0.39, 0.29) is 11.3 Å². The van der Waals surface area contributed by atoms with Gasteiger partial charge in [-0.2, -0.15) is 4.98 Å².